The van der Waals surface area contributed by atoms with E-state index in [1.807, 2.05) is 0 Å². The zero-order valence-electron chi connectivity index (χ0n) is 11.8. The Hall–Kier alpha value is -0.0900. The average Bonchev–Trinajstić information content (AvgIpc) is 2.24. The van der Waals surface area contributed by atoms with E-state index in [1.165, 1.54) is 0 Å². The van der Waals surface area contributed by atoms with Gasteiger partial charge >= 0.3 is 0 Å². The lowest BCUT2D eigenvalue weighted by molar-refractivity contribution is 0.426. The van der Waals surface area contributed by atoms with Crippen LogP contribution in [0, 0.1) is 5.92 Å². The zero-order chi connectivity index (χ0) is 13.3. The van der Waals surface area contributed by atoms with Crippen molar-refractivity contribution in [2.75, 3.05) is 18.1 Å². The molecule has 0 spiro atoms. The molecule has 0 radical (unpaired) electrons. The predicted octanol–water partition coefficient (Wildman–Crippen LogP) is 2.62. The van der Waals surface area contributed by atoms with Gasteiger partial charge in [0.05, 0.1) is 11.5 Å². The third-order valence-corrected chi connectivity index (χ3v) is 4.73. The Morgan fingerprint density at radius 2 is 1.71 bits per heavy atom. The lowest BCUT2D eigenvalue weighted by Gasteiger charge is -2.22. The Bertz CT molecular complexity index is 273. The van der Waals surface area contributed by atoms with Gasteiger partial charge in [-0.1, -0.05) is 40.5 Å². The van der Waals surface area contributed by atoms with Crippen LogP contribution in [-0.4, -0.2) is 32.5 Å². The van der Waals surface area contributed by atoms with Crippen LogP contribution in [0.2, 0.25) is 0 Å². The molecule has 0 saturated heterocycles. The maximum atomic E-state index is 11.9. The van der Waals surface area contributed by atoms with E-state index in [0.29, 0.717) is 11.7 Å². The van der Waals surface area contributed by atoms with Gasteiger partial charge in [0.1, 0.15) is 0 Å². The highest BCUT2D eigenvalue weighted by Crippen LogP contribution is 2.08. The number of rotatable bonds is 10. The quantitative estimate of drug-likeness (QED) is 0.616. The van der Waals surface area contributed by atoms with Crippen LogP contribution in [0.25, 0.3) is 0 Å². The first-order valence-corrected chi connectivity index (χ1v) is 8.68. The third-order valence-electron chi connectivity index (χ3n) is 2.95. The Balaban J connectivity index is 4.22. The molecule has 0 aliphatic rings. The van der Waals surface area contributed by atoms with Gasteiger partial charge in [0.15, 0.2) is 9.84 Å². The van der Waals surface area contributed by atoms with Crippen molar-refractivity contribution in [1.82, 2.24) is 5.32 Å². The molecule has 1 N–H and O–H groups in total. The molecule has 0 aromatic heterocycles. The van der Waals surface area contributed by atoms with Crippen LogP contribution in [0.5, 0.6) is 0 Å². The molecular formula is C13H29NO2S. The summed E-state index contributed by atoms with van der Waals surface area (Å²) >= 11 is 0. The summed E-state index contributed by atoms with van der Waals surface area (Å²) in [6.45, 7) is 9.24. The van der Waals surface area contributed by atoms with Crippen molar-refractivity contribution < 1.29 is 8.42 Å². The molecule has 104 valence electrons. The summed E-state index contributed by atoms with van der Waals surface area (Å²) < 4.78 is 23.9. The summed E-state index contributed by atoms with van der Waals surface area (Å²) in [7, 11) is -2.89. The van der Waals surface area contributed by atoms with Crippen molar-refractivity contribution in [3.05, 3.63) is 0 Å². The minimum absolute atomic E-state index is 0.0987. The molecule has 0 amide bonds. The molecule has 0 rings (SSSR count). The lowest BCUT2D eigenvalue weighted by Crippen LogP contribution is -2.40. The molecule has 0 aromatic rings. The molecule has 0 aliphatic carbocycles. The molecule has 4 heteroatoms. The molecule has 3 nitrogen and oxygen atoms in total. The molecule has 0 aromatic carbocycles. The predicted molar refractivity (Wildman–Crippen MR) is 75.1 cm³/mol. The van der Waals surface area contributed by atoms with Gasteiger partial charge in [-0.05, 0) is 25.3 Å². The third kappa shape index (κ3) is 8.61. The van der Waals surface area contributed by atoms with E-state index in [0.717, 1.165) is 32.2 Å². The van der Waals surface area contributed by atoms with Crippen molar-refractivity contribution in [3.8, 4) is 0 Å². The number of nitrogens with one attached hydrogen (secondary N) is 1. The van der Waals surface area contributed by atoms with Gasteiger partial charge in [0.2, 0.25) is 0 Å². The van der Waals surface area contributed by atoms with E-state index in [4.69, 9.17) is 0 Å². The summed E-state index contributed by atoms with van der Waals surface area (Å²) in [6.07, 6.45) is 3.92. The standard InChI is InChI=1S/C13H29NO2S/c1-5-7-8-10-17(15,16)11-13(12(3)4)14-9-6-2/h12-14H,5-11H2,1-4H3. The Kier molecular flexibility index (Phi) is 8.88. The Labute approximate surface area is 107 Å². The van der Waals surface area contributed by atoms with Crippen LogP contribution >= 0.6 is 0 Å². The summed E-state index contributed by atoms with van der Waals surface area (Å²) in [5.41, 5.74) is 0. The van der Waals surface area contributed by atoms with Crippen LogP contribution in [0.4, 0.5) is 0 Å². The number of hydrogen-bond donors (Lipinski definition) is 1. The summed E-state index contributed by atoms with van der Waals surface area (Å²) in [4.78, 5) is 0. The largest absolute Gasteiger partial charge is 0.313 e. The van der Waals surface area contributed by atoms with Gasteiger partial charge < -0.3 is 5.32 Å². The van der Waals surface area contributed by atoms with Crippen molar-refractivity contribution in [2.24, 2.45) is 5.92 Å². The van der Waals surface area contributed by atoms with Gasteiger partial charge in [-0.2, -0.15) is 0 Å². The van der Waals surface area contributed by atoms with Gasteiger partial charge in [-0.15, -0.1) is 0 Å². The van der Waals surface area contributed by atoms with Gasteiger partial charge in [0, 0.05) is 6.04 Å². The minimum Gasteiger partial charge on any atom is -0.313 e. The molecule has 1 unspecified atom stereocenters. The summed E-state index contributed by atoms with van der Waals surface area (Å²) in [6, 6.07) is 0.0987. The number of unbranched alkanes of at least 4 members (excludes halogenated alkanes) is 2. The molecular weight excluding hydrogens is 234 g/mol. The van der Waals surface area contributed by atoms with Crippen LogP contribution in [0.15, 0.2) is 0 Å². The fourth-order valence-electron chi connectivity index (χ4n) is 1.75. The lowest BCUT2D eigenvalue weighted by atomic mass is 10.1. The van der Waals surface area contributed by atoms with Crippen LogP contribution in [-0.2, 0) is 9.84 Å². The topological polar surface area (TPSA) is 46.2 Å². The second-order valence-electron chi connectivity index (χ2n) is 5.13. The summed E-state index contributed by atoms with van der Waals surface area (Å²) in [5, 5.41) is 3.34. The van der Waals surface area contributed by atoms with E-state index in [1.54, 1.807) is 0 Å². The van der Waals surface area contributed by atoms with Gasteiger partial charge in [-0.3, -0.25) is 0 Å². The van der Waals surface area contributed by atoms with E-state index in [9.17, 15) is 8.42 Å². The average molecular weight is 263 g/mol. The van der Waals surface area contributed by atoms with Crippen LogP contribution < -0.4 is 5.32 Å². The van der Waals surface area contributed by atoms with Crippen molar-refractivity contribution >= 4 is 9.84 Å². The molecule has 0 saturated carbocycles. The summed E-state index contributed by atoms with van der Waals surface area (Å²) in [5.74, 6) is 0.995. The van der Waals surface area contributed by atoms with E-state index < -0.39 is 9.84 Å². The zero-order valence-corrected chi connectivity index (χ0v) is 12.6. The smallest absolute Gasteiger partial charge is 0.151 e. The maximum Gasteiger partial charge on any atom is 0.151 e. The minimum atomic E-state index is -2.89. The molecule has 0 aliphatic heterocycles. The molecule has 0 fully saturated rings. The molecule has 0 heterocycles. The first-order valence-electron chi connectivity index (χ1n) is 6.86. The van der Waals surface area contributed by atoms with E-state index in [2.05, 4.69) is 33.0 Å². The van der Waals surface area contributed by atoms with Crippen LogP contribution in [0.1, 0.15) is 53.4 Å². The van der Waals surface area contributed by atoms with Gasteiger partial charge in [0.25, 0.3) is 0 Å². The fourth-order valence-corrected chi connectivity index (χ4v) is 3.61. The first kappa shape index (κ1) is 16.9. The van der Waals surface area contributed by atoms with E-state index in [-0.39, 0.29) is 11.8 Å². The molecule has 17 heavy (non-hydrogen) atoms. The molecule has 0 bridgehead atoms. The van der Waals surface area contributed by atoms with Crippen molar-refractivity contribution in [3.63, 3.8) is 0 Å². The second-order valence-corrected chi connectivity index (χ2v) is 7.35. The van der Waals surface area contributed by atoms with E-state index >= 15 is 0 Å². The Morgan fingerprint density at radius 3 is 2.18 bits per heavy atom. The number of hydrogen-bond acceptors (Lipinski definition) is 3. The monoisotopic (exact) mass is 263 g/mol. The highest BCUT2D eigenvalue weighted by Gasteiger charge is 2.20. The van der Waals surface area contributed by atoms with Crippen LogP contribution in [0.3, 0.4) is 0 Å². The highest BCUT2D eigenvalue weighted by atomic mass is 32.2. The van der Waals surface area contributed by atoms with Crippen molar-refractivity contribution in [1.29, 1.82) is 0 Å². The van der Waals surface area contributed by atoms with Crippen molar-refractivity contribution in [2.45, 2.75) is 59.4 Å². The normalized spacial score (nSPS) is 14.2. The highest BCUT2D eigenvalue weighted by molar-refractivity contribution is 7.91. The SMILES string of the molecule is CCCCCS(=O)(=O)CC(NCCC)C(C)C. The fraction of sp³-hybridized carbons (Fsp3) is 1.00. The first-order chi connectivity index (χ1) is 7.93. The second kappa shape index (κ2) is 8.92. The van der Waals surface area contributed by atoms with Gasteiger partial charge in [-0.25, -0.2) is 8.42 Å². The molecule has 1 atom stereocenters. The number of sulfone groups is 1. The Morgan fingerprint density at radius 1 is 1.06 bits per heavy atom. The maximum absolute atomic E-state index is 11.9.